The van der Waals surface area contributed by atoms with E-state index in [4.69, 9.17) is 4.42 Å². The van der Waals surface area contributed by atoms with Crippen LogP contribution < -0.4 is 5.32 Å². The molecular formula is C20H25N3O2. The summed E-state index contributed by atoms with van der Waals surface area (Å²) in [7, 11) is 2.17. The molecule has 2 atom stereocenters. The first-order valence-electron chi connectivity index (χ1n) is 9.03. The minimum Gasteiger partial charge on any atom is -0.469 e. The molecule has 25 heavy (non-hydrogen) atoms. The highest BCUT2D eigenvalue weighted by atomic mass is 16.3. The Hall–Kier alpha value is -2.11. The molecule has 4 rings (SSSR count). The quantitative estimate of drug-likeness (QED) is 0.910. The summed E-state index contributed by atoms with van der Waals surface area (Å²) in [5, 5.41) is 3.03. The largest absolute Gasteiger partial charge is 0.469 e. The molecule has 5 heteroatoms. The zero-order valence-corrected chi connectivity index (χ0v) is 14.6. The number of piperazine rings is 1. The SMILES string of the molecule is CN1CCN(Cc2ccc(NC(=O)C3CC3c3ccco3)cc2)CC1. The van der Waals surface area contributed by atoms with Crippen LogP contribution in [-0.2, 0) is 11.3 Å². The number of nitrogens with zero attached hydrogens (tertiary/aromatic N) is 2. The summed E-state index contributed by atoms with van der Waals surface area (Å²) in [5.74, 6) is 1.29. The number of carbonyl (C=O) groups excluding carboxylic acids is 1. The molecule has 1 aliphatic carbocycles. The molecule has 2 unspecified atom stereocenters. The van der Waals surface area contributed by atoms with E-state index in [1.165, 1.54) is 5.56 Å². The van der Waals surface area contributed by atoms with Gasteiger partial charge >= 0.3 is 0 Å². The number of likely N-dealkylation sites (N-methyl/N-ethyl adjacent to an activating group) is 1. The van der Waals surface area contributed by atoms with E-state index in [1.54, 1.807) is 6.26 Å². The van der Waals surface area contributed by atoms with Crippen LogP contribution in [0, 0.1) is 5.92 Å². The van der Waals surface area contributed by atoms with Gasteiger partial charge in [0.25, 0.3) is 0 Å². The summed E-state index contributed by atoms with van der Waals surface area (Å²) < 4.78 is 5.39. The molecule has 2 heterocycles. The molecular weight excluding hydrogens is 314 g/mol. The van der Waals surface area contributed by atoms with Gasteiger partial charge in [0, 0.05) is 50.2 Å². The summed E-state index contributed by atoms with van der Waals surface area (Å²) >= 11 is 0. The van der Waals surface area contributed by atoms with Crippen LogP contribution in [0.25, 0.3) is 0 Å². The number of hydrogen-bond acceptors (Lipinski definition) is 4. The lowest BCUT2D eigenvalue weighted by Crippen LogP contribution is -2.43. The predicted octanol–water partition coefficient (Wildman–Crippen LogP) is 2.77. The van der Waals surface area contributed by atoms with E-state index >= 15 is 0 Å². The Labute approximate surface area is 148 Å². The van der Waals surface area contributed by atoms with Gasteiger partial charge in [-0.2, -0.15) is 0 Å². The summed E-state index contributed by atoms with van der Waals surface area (Å²) in [6, 6.07) is 12.1. The van der Waals surface area contributed by atoms with E-state index in [9.17, 15) is 4.79 Å². The monoisotopic (exact) mass is 339 g/mol. The molecule has 0 radical (unpaired) electrons. The van der Waals surface area contributed by atoms with Gasteiger partial charge in [-0.3, -0.25) is 9.69 Å². The molecule has 2 aromatic rings. The average molecular weight is 339 g/mol. The highest BCUT2D eigenvalue weighted by Gasteiger charge is 2.45. The van der Waals surface area contributed by atoms with Crippen molar-refractivity contribution in [2.75, 3.05) is 38.5 Å². The maximum atomic E-state index is 12.3. The number of rotatable bonds is 5. The minimum absolute atomic E-state index is 0.0381. The zero-order chi connectivity index (χ0) is 17.2. The number of nitrogens with one attached hydrogen (secondary N) is 1. The smallest absolute Gasteiger partial charge is 0.228 e. The molecule has 5 nitrogen and oxygen atoms in total. The fraction of sp³-hybridized carbons (Fsp3) is 0.450. The van der Waals surface area contributed by atoms with E-state index in [-0.39, 0.29) is 17.7 Å². The molecule has 1 aliphatic heterocycles. The van der Waals surface area contributed by atoms with Gasteiger partial charge in [0.2, 0.25) is 5.91 Å². The first-order chi connectivity index (χ1) is 12.2. The molecule has 1 aromatic carbocycles. The van der Waals surface area contributed by atoms with E-state index in [2.05, 4.69) is 34.3 Å². The van der Waals surface area contributed by atoms with Crippen molar-refractivity contribution in [1.82, 2.24) is 9.80 Å². The number of carbonyl (C=O) groups is 1. The van der Waals surface area contributed by atoms with Crippen LogP contribution in [0.2, 0.25) is 0 Å². The van der Waals surface area contributed by atoms with Gasteiger partial charge in [0.05, 0.1) is 6.26 Å². The Morgan fingerprint density at radius 3 is 2.60 bits per heavy atom. The lowest BCUT2D eigenvalue weighted by molar-refractivity contribution is -0.117. The fourth-order valence-electron chi connectivity index (χ4n) is 3.49. The van der Waals surface area contributed by atoms with Crippen molar-refractivity contribution in [2.24, 2.45) is 5.92 Å². The maximum Gasteiger partial charge on any atom is 0.228 e. The molecule has 132 valence electrons. The Kier molecular flexibility index (Phi) is 4.59. The third-order valence-electron chi connectivity index (χ3n) is 5.26. The first kappa shape index (κ1) is 16.4. The fourth-order valence-corrected chi connectivity index (χ4v) is 3.49. The second-order valence-electron chi connectivity index (χ2n) is 7.23. The van der Waals surface area contributed by atoms with Crippen LogP contribution in [0.3, 0.4) is 0 Å². The average Bonchev–Trinajstić information content (AvgIpc) is 3.24. The van der Waals surface area contributed by atoms with Crippen molar-refractivity contribution in [3.63, 3.8) is 0 Å². The van der Waals surface area contributed by atoms with Crippen LogP contribution in [0.15, 0.2) is 47.1 Å². The lowest BCUT2D eigenvalue weighted by atomic mass is 10.1. The lowest BCUT2D eigenvalue weighted by Gasteiger charge is -2.32. The van der Waals surface area contributed by atoms with Gasteiger partial charge in [0.15, 0.2) is 0 Å². The zero-order valence-electron chi connectivity index (χ0n) is 14.6. The number of benzene rings is 1. The summed E-state index contributed by atoms with van der Waals surface area (Å²) in [6.45, 7) is 5.47. The van der Waals surface area contributed by atoms with Crippen LogP contribution in [0.1, 0.15) is 23.7 Å². The molecule has 1 amide bonds. The maximum absolute atomic E-state index is 12.3. The number of hydrogen-bond donors (Lipinski definition) is 1. The number of anilines is 1. The second kappa shape index (κ2) is 7.02. The van der Waals surface area contributed by atoms with Gasteiger partial charge in [0.1, 0.15) is 5.76 Å². The molecule has 1 N–H and O–H groups in total. The molecule has 1 saturated carbocycles. The Morgan fingerprint density at radius 2 is 1.92 bits per heavy atom. The third kappa shape index (κ3) is 3.94. The number of amides is 1. The third-order valence-corrected chi connectivity index (χ3v) is 5.26. The molecule has 0 spiro atoms. The Bertz CT molecular complexity index is 703. The van der Waals surface area contributed by atoms with Crippen molar-refractivity contribution in [3.05, 3.63) is 54.0 Å². The summed E-state index contributed by atoms with van der Waals surface area (Å²) in [4.78, 5) is 17.2. The van der Waals surface area contributed by atoms with Crippen molar-refractivity contribution in [1.29, 1.82) is 0 Å². The highest BCUT2D eigenvalue weighted by molar-refractivity contribution is 5.95. The van der Waals surface area contributed by atoms with Crippen LogP contribution in [0.5, 0.6) is 0 Å². The van der Waals surface area contributed by atoms with Gasteiger partial charge in [-0.15, -0.1) is 0 Å². The van der Waals surface area contributed by atoms with E-state index in [0.717, 1.165) is 50.6 Å². The molecule has 2 fully saturated rings. The topological polar surface area (TPSA) is 48.7 Å². The van der Waals surface area contributed by atoms with Gasteiger partial charge < -0.3 is 14.6 Å². The minimum atomic E-state index is 0.0381. The normalized spacial score (nSPS) is 24.2. The Morgan fingerprint density at radius 1 is 1.16 bits per heavy atom. The molecule has 0 bridgehead atoms. The van der Waals surface area contributed by atoms with Crippen molar-refractivity contribution >= 4 is 11.6 Å². The molecule has 2 aliphatic rings. The van der Waals surface area contributed by atoms with Gasteiger partial charge in [-0.05, 0) is 43.3 Å². The van der Waals surface area contributed by atoms with E-state index in [0.29, 0.717) is 0 Å². The van der Waals surface area contributed by atoms with Crippen molar-refractivity contribution < 1.29 is 9.21 Å². The van der Waals surface area contributed by atoms with Crippen LogP contribution in [0.4, 0.5) is 5.69 Å². The standard InChI is InChI=1S/C20H25N3O2/c1-22-8-10-23(11-9-22)14-15-4-6-16(7-5-15)21-20(24)18-13-17(18)19-3-2-12-25-19/h2-7,12,17-18H,8-11,13-14H2,1H3,(H,21,24). The Balaban J connectivity index is 1.28. The van der Waals surface area contributed by atoms with Gasteiger partial charge in [-0.1, -0.05) is 12.1 Å². The molecule has 1 saturated heterocycles. The van der Waals surface area contributed by atoms with E-state index < -0.39 is 0 Å². The van der Waals surface area contributed by atoms with Crippen LogP contribution >= 0.6 is 0 Å². The van der Waals surface area contributed by atoms with Crippen LogP contribution in [-0.4, -0.2) is 48.9 Å². The predicted molar refractivity (Wildman–Crippen MR) is 97.4 cm³/mol. The van der Waals surface area contributed by atoms with Gasteiger partial charge in [-0.25, -0.2) is 0 Å². The van der Waals surface area contributed by atoms with E-state index in [1.807, 2.05) is 24.3 Å². The van der Waals surface area contributed by atoms with Crippen molar-refractivity contribution in [3.8, 4) is 0 Å². The highest BCUT2D eigenvalue weighted by Crippen LogP contribution is 2.48. The summed E-state index contributed by atoms with van der Waals surface area (Å²) in [5.41, 5.74) is 2.17. The van der Waals surface area contributed by atoms with Crippen molar-refractivity contribution in [2.45, 2.75) is 18.9 Å². The number of furan rings is 1. The first-order valence-corrected chi connectivity index (χ1v) is 9.03. The second-order valence-corrected chi connectivity index (χ2v) is 7.23. The summed E-state index contributed by atoms with van der Waals surface area (Å²) in [6.07, 6.45) is 2.54. The molecule has 1 aromatic heterocycles.